The Bertz CT molecular complexity index is 423. The smallest absolute Gasteiger partial charge is 0.331 e. The number of ether oxygens (including phenoxy) is 1. The maximum absolute atomic E-state index is 10.6. The molecule has 1 aromatic rings. The predicted octanol–water partition coefficient (Wildman–Crippen LogP) is 1.65. The summed E-state index contributed by atoms with van der Waals surface area (Å²) in [4.78, 5) is 13.7. The molecule has 0 N–H and O–H groups in total. The molecule has 0 aliphatic carbocycles. The molecule has 78 valence electrons. The lowest BCUT2D eigenvalue weighted by Gasteiger charge is -2.08. The van der Waals surface area contributed by atoms with Gasteiger partial charge in [-0.1, -0.05) is 0 Å². The summed E-state index contributed by atoms with van der Waals surface area (Å²) in [6, 6.07) is 4.29. The molecule has 6 heteroatoms. The zero-order valence-electron chi connectivity index (χ0n) is 8.30. The molecule has 0 spiro atoms. The van der Waals surface area contributed by atoms with Crippen LogP contribution in [0.4, 0.5) is 5.69 Å². The van der Waals surface area contributed by atoms with E-state index >= 15 is 0 Å². The Balaban J connectivity index is 3.17. The summed E-state index contributed by atoms with van der Waals surface area (Å²) in [7, 11) is 0. The molecule has 0 aliphatic rings. The van der Waals surface area contributed by atoms with E-state index in [9.17, 15) is 10.1 Å². The van der Waals surface area contributed by atoms with Gasteiger partial charge in [0.1, 0.15) is 11.8 Å². The fraction of sp³-hybridized carbons (Fsp3) is 0.333. The maximum atomic E-state index is 10.6. The summed E-state index contributed by atoms with van der Waals surface area (Å²) < 4.78 is 5.15. The lowest BCUT2D eigenvalue weighted by molar-refractivity contribution is -0.386. The van der Waals surface area contributed by atoms with Crippen LogP contribution in [0.1, 0.15) is 19.5 Å². The molecule has 0 aliphatic heterocycles. The third kappa shape index (κ3) is 2.64. The Hall–Kier alpha value is -2.16. The number of nitro groups is 1. The van der Waals surface area contributed by atoms with Crippen molar-refractivity contribution in [1.82, 2.24) is 4.98 Å². The summed E-state index contributed by atoms with van der Waals surface area (Å²) in [6.45, 7) is 3.45. The van der Waals surface area contributed by atoms with E-state index in [1.807, 2.05) is 0 Å². The fourth-order valence-electron chi connectivity index (χ4n) is 0.944. The first-order chi connectivity index (χ1) is 7.04. The highest BCUT2D eigenvalue weighted by Gasteiger charge is 2.18. The molecular weight excluding hydrogens is 198 g/mol. The monoisotopic (exact) mass is 207 g/mol. The standard InChI is InChI=1S/C9H9N3O3/c1-6(2)15-9-8(12(13)14)4-3-7(5-10)11-9/h3-4,6H,1-2H3. The molecule has 0 saturated heterocycles. The second-order valence-corrected chi connectivity index (χ2v) is 3.06. The molecule has 0 unspecified atom stereocenters. The highest BCUT2D eigenvalue weighted by molar-refractivity contribution is 5.43. The van der Waals surface area contributed by atoms with Crippen molar-refractivity contribution in [3.63, 3.8) is 0 Å². The van der Waals surface area contributed by atoms with Crippen LogP contribution in [0, 0.1) is 21.4 Å². The van der Waals surface area contributed by atoms with E-state index in [4.69, 9.17) is 10.00 Å². The second-order valence-electron chi connectivity index (χ2n) is 3.06. The van der Waals surface area contributed by atoms with Gasteiger partial charge in [-0.25, -0.2) is 0 Å². The third-order valence-electron chi connectivity index (χ3n) is 1.50. The summed E-state index contributed by atoms with van der Waals surface area (Å²) >= 11 is 0. The average Bonchev–Trinajstić information content (AvgIpc) is 2.16. The van der Waals surface area contributed by atoms with Crippen molar-refractivity contribution >= 4 is 5.69 Å². The van der Waals surface area contributed by atoms with Crippen molar-refractivity contribution < 1.29 is 9.66 Å². The van der Waals surface area contributed by atoms with Gasteiger partial charge in [-0.3, -0.25) is 10.1 Å². The minimum absolute atomic E-state index is 0.0938. The summed E-state index contributed by atoms with van der Waals surface area (Å²) in [5.74, 6) is -0.117. The van der Waals surface area contributed by atoms with Crippen LogP contribution < -0.4 is 4.74 Å². The molecule has 1 heterocycles. The molecule has 1 rings (SSSR count). The third-order valence-corrected chi connectivity index (χ3v) is 1.50. The van der Waals surface area contributed by atoms with Gasteiger partial charge in [-0.15, -0.1) is 0 Å². The van der Waals surface area contributed by atoms with Crippen LogP contribution in [-0.2, 0) is 0 Å². The van der Waals surface area contributed by atoms with Gasteiger partial charge in [0.15, 0.2) is 0 Å². The lowest BCUT2D eigenvalue weighted by atomic mass is 10.3. The largest absolute Gasteiger partial charge is 0.470 e. The summed E-state index contributed by atoms with van der Waals surface area (Å²) in [5, 5.41) is 19.2. The molecule has 1 aromatic heterocycles. The van der Waals surface area contributed by atoms with Crippen LogP contribution in [0.2, 0.25) is 0 Å². The molecule has 0 aromatic carbocycles. The number of nitriles is 1. The van der Waals surface area contributed by atoms with E-state index in [1.165, 1.54) is 12.1 Å². The molecule has 0 fully saturated rings. The number of hydrogen-bond acceptors (Lipinski definition) is 5. The van der Waals surface area contributed by atoms with E-state index in [0.29, 0.717) is 0 Å². The van der Waals surface area contributed by atoms with Crippen molar-refractivity contribution in [3.8, 4) is 11.9 Å². The van der Waals surface area contributed by atoms with Gasteiger partial charge in [0, 0.05) is 6.07 Å². The summed E-state index contributed by atoms with van der Waals surface area (Å²) in [5.41, 5.74) is -0.140. The van der Waals surface area contributed by atoms with Crippen molar-refractivity contribution in [2.75, 3.05) is 0 Å². The molecule has 0 bridgehead atoms. The molecule has 0 radical (unpaired) electrons. The van der Waals surface area contributed by atoms with Crippen LogP contribution in [0.25, 0.3) is 0 Å². The van der Waals surface area contributed by atoms with Crippen LogP contribution in [0.5, 0.6) is 5.88 Å². The number of nitrogens with zero attached hydrogens (tertiary/aromatic N) is 3. The van der Waals surface area contributed by atoms with Crippen molar-refractivity contribution in [1.29, 1.82) is 5.26 Å². The Morgan fingerprint density at radius 2 is 2.27 bits per heavy atom. The highest BCUT2D eigenvalue weighted by atomic mass is 16.6. The van der Waals surface area contributed by atoms with Crippen molar-refractivity contribution in [2.45, 2.75) is 20.0 Å². The van der Waals surface area contributed by atoms with Crippen LogP contribution in [0.3, 0.4) is 0 Å². The Morgan fingerprint density at radius 3 is 2.73 bits per heavy atom. The van der Waals surface area contributed by atoms with E-state index in [0.717, 1.165) is 0 Å². The molecule has 0 amide bonds. The molecule has 0 atom stereocenters. The van der Waals surface area contributed by atoms with Crippen LogP contribution >= 0.6 is 0 Å². The molecular formula is C9H9N3O3. The zero-order chi connectivity index (χ0) is 11.4. The lowest BCUT2D eigenvalue weighted by Crippen LogP contribution is -2.09. The van der Waals surface area contributed by atoms with E-state index < -0.39 is 4.92 Å². The zero-order valence-corrected chi connectivity index (χ0v) is 8.30. The van der Waals surface area contributed by atoms with Gasteiger partial charge in [0.25, 0.3) is 5.88 Å². The van der Waals surface area contributed by atoms with Gasteiger partial charge in [0.2, 0.25) is 0 Å². The number of pyridine rings is 1. The summed E-state index contributed by atoms with van der Waals surface area (Å²) in [6.07, 6.45) is -0.231. The number of hydrogen-bond donors (Lipinski definition) is 0. The van der Waals surface area contributed by atoms with Crippen molar-refractivity contribution in [3.05, 3.63) is 27.9 Å². The first kappa shape index (κ1) is 10.9. The van der Waals surface area contributed by atoms with Gasteiger partial charge < -0.3 is 4.74 Å². The highest BCUT2D eigenvalue weighted by Crippen LogP contribution is 2.25. The van der Waals surface area contributed by atoms with Gasteiger partial charge in [-0.05, 0) is 19.9 Å². The molecule has 6 nitrogen and oxygen atoms in total. The fourth-order valence-corrected chi connectivity index (χ4v) is 0.944. The minimum atomic E-state index is -0.591. The van der Waals surface area contributed by atoms with Crippen LogP contribution in [0.15, 0.2) is 12.1 Å². The first-order valence-electron chi connectivity index (χ1n) is 4.26. The number of aromatic nitrogens is 1. The number of rotatable bonds is 3. The predicted molar refractivity (Wildman–Crippen MR) is 51.4 cm³/mol. The van der Waals surface area contributed by atoms with E-state index in [-0.39, 0.29) is 23.4 Å². The topological polar surface area (TPSA) is 89.0 Å². The molecule has 15 heavy (non-hydrogen) atoms. The SMILES string of the molecule is CC(C)Oc1nc(C#N)ccc1[N+](=O)[O-]. The van der Waals surface area contributed by atoms with E-state index in [1.54, 1.807) is 19.9 Å². The second kappa shape index (κ2) is 4.37. The van der Waals surface area contributed by atoms with Gasteiger partial charge >= 0.3 is 5.69 Å². The maximum Gasteiger partial charge on any atom is 0.331 e. The van der Waals surface area contributed by atoms with Gasteiger partial charge in [-0.2, -0.15) is 10.2 Å². The quantitative estimate of drug-likeness (QED) is 0.555. The Labute approximate surface area is 86.3 Å². The Kier molecular flexibility index (Phi) is 3.18. The normalized spacial score (nSPS) is 9.73. The van der Waals surface area contributed by atoms with E-state index in [2.05, 4.69) is 4.98 Å². The van der Waals surface area contributed by atoms with Gasteiger partial charge in [0.05, 0.1) is 11.0 Å². The van der Waals surface area contributed by atoms with Crippen LogP contribution in [-0.4, -0.2) is 16.0 Å². The Morgan fingerprint density at radius 1 is 1.60 bits per heavy atom. The van der Waals surface area contributed by atoms with Crippen molar-refractivity contribution in [2.24, 2.45) is 0 Å². The molecule has 0 saturated carbocycles. The first-order valence-corrected chi connectivity index (χ1v) is 4.26. The minimum Gasteiger partial charge on any atom is -0.470 e. The average molecular weight is 207 g/mol.